The lowest BCUT2D eigenvalue weighted by Gasteiger charge is -2.38. The highest BCUT2D eigenvalue weighted by molar-refractivity contribution is 6.34. The first kappa shape index (κ1) is 9.97. The number of nitrogens with zero attached hydrogens (tertiary/aromatic N) is 1. The van der Waals surface area contributed by atoms with E-state index in [2.05, 4.69) is 17.1 Å². The zero-order valence-electron chi connectivity index (χ0n) is 9.09. The number of benzene rings is 1. The Hall–Kier alpha value is -1.22. The maximum atomic E-state index is 12.0. The molecule has 1 fully saturated rings. The van der Waals surface area contributed by atoms with Crippen molar-refractivity contribution in [1.29, 1.82) is 0 Å². The van der Waals surface area contributed by atoms with Crippen LogP contribution in [0.25, 0.3) is 0 Å². The van der Waals surface area contributed by atoms with Crippen molar-refractivity contribution in [1.82, 2.24) is 0 Å². The van der Waals surface area contributed by atoms with E-state index in [9.17, 15) is 4.79 Å². The zero-order valence-corrected chi connectivity index (χ0v) is 9.84. The summed E-state index contributed by atoms with van der Waals surface area (Å²) in [4.78, 5) is 14.2. The van der Waals surface area contributed by atoms with Crippen LogP contribution in [0, 0.1) is 0 Å². The van der Waals surface area contributed by atoms with Gasteiger partial charge in [-0.15, -0.1) is 0 Å². The first-order valence-corrected chi connectivity index (χ1v) is 5.94. The van der Waals surface area contributed by atoms with Crippen molar-refractivity contribution in [3.05, 3.63) is 23.2 Å². The van der Waals surface area contributed by atoms with Gasteiger partial charge in [-0.3, -0.25) is 4.79 Å². The number of hydrogen-bond acceptors (Lipinski definition) is 2. The lowest BCUT2D eigenvalue weighted by Crippen LogP contribution is -2.50. The Morgan fingerprint density at radius 1 is 1.50 bits per heavy atom. The minimum Gasteiger partial charge on any atom is -0.354 e. The molecular weight excluding hydrogens is 224 g/mol. The lowest BCUT2D eigenvalue weighted by atomic mass is 10.1. The van der Waals surface area contributed by atoms with E-state index >= 15 is 0 Å². The third-order valence-corrected chi connectivity index (χ3v) is 3.79. The highest BCUT2D eigenvalue weighted by Gasteiger charge is 2.57. The smallest absolute Gasteiger partial charge is 0.250 e. The molecule has 0 radical (unpaired) electrons. The minimum atomic E-state index is -0.313. The van der Waals surface area contributed by atoms with Crippen molar-refractivity contribution in [3.8, 4) is 0 Å². The van der Waals surface area contributed by atoms with Gasteiger partial charge in [-0.05, 0) is 31.9 Å². The van der Waals surface area contributed by atoms with Crippen molar-refractivity contribution < 1.29 is 4.79 Å². The molecule has 0 bridgehead atoms. The Morgan fingerprint density at radius 2 is 2.25 bits per heavy atom. The molecule has 3 nitrogen and oxygen atoms in total. The Kier molecular flexibility index (Phi) is 1.96. The summed E-state index contributed by atoms with van der Waals surface area (Å²) in [5.41, 5.74) is 1.49. The molecule has 1 aromatic carbocycles. The zero-order chi connectivity index (χ0) is 11.3. The first-order valence-electron chi connectivity index (χ1n) is 5.56. The third kappa shape index (κ3) is 1.12. The number of carbonyl (C=O) groups is 1. The van der Waals surface area contributed by atoms with E-state index in [1.165, 1.54) is 0 Å². The number of fused-ring (bicyclic) bond motifs is 1. The van der Waals surface area contributed by atoms with E-state index < -0.39 is 0 Å². The largest absolute Gasteiger partial charge is 0.354 e. The summed E-state index contributed by atoms with van der Waals surface area (Å²) >= 11 is 6.23. The highest BCUT2D eigenvalue weighted by atomic mass is 35.5. The summed E-state index contributed by atoms with van der Waals surface area (Å²) in [6, 6.07) is 5.63. The molecule has 1 amide bonds. The van der Waals surface area contributed by atoms with Gasteiger partial charge in [0, 0.05) is 6.54 Å². The molecule has 0 unspecified atom stereocenters. The van der Waals surface area contributed by atoms with Crippen molar-refractivity contribution in [2.24, 2.45) is 0 Å². The van der Waals surface area contributed by atoms with Gasteiger partial charge in [-0.2, -0.15) is 0 Å². The summed E-state index contributed by atoms with van der Waals surface area (Å²) in [7, 11) is 0. The van der Waals surface area contributed by atoms with E-state index in [1.54, 1.807) is 0 Å². The highest BCUT2D eigenvalue weighted by Crippen LogP contribution is 2.51. The Labute approximate surface area is 99.4 Å². The van der Waals surface area contributed by atoms with Crippen LogP contribution >= 0.6 is 11.6 Å². The summed E-state index contributed by atoms with van der Waals surface area (Å²) in [6.45, 7) is 2.87. The average Bonchev–Trinajstić information content (AvgIpc) is 3.03. The normalized spacial score (nSPS) is 20.6. The maximum Gasteiger partial charge on any atom is 0.250 e. The second-order valence-electron chi connectivity index (χ2n) is 4.37. The molecule has 84 valence electrons. The third-order valence-electron chi connectivity index (χ3n) is 3.48. The number of rotatable bonds is 1. The molecule has 3 rings (SSSR count). The van der Waals surface area contributed by atoms with E-state index in [0.29, 0.717) is 5.02 Å². The number of likely N-dealkylation sites (N-methyl/N-ethyl adjacent to an activating group) is 1. The predicted octanol–water partition coefficient (Wildman–Crippen LogP) is 2.65. The molecule has 4 heteroatoms. The van der Waals surface area contributed by atoms with Gasteiger partial charge < -0.3 is 10.2 Å². The van der Waals surface area contributed by atoms with E-state index in [0.717, 1.165) is 30.8 Å². The van der Waals surface area contributed by atoms with Crippen LogP contribution in [0.4, 0.5) is 11.4 Å². The van der Waals surface area contributed by atoms with Gasteiger partial charge in [0.25, 0.3) is 0 Å². The van der Waals surface area contributed by atoms with Crippen LogP contribution < -0.4 is 10.2 Å². The quantitative estimate of drug-likeness (QED) is 0.813. The maximum absolute atomic E-state index is 12.0. The van der Waals surface area contributed by atoms with Crippen LogP contribution in [0.15, 0.2) is 18.2 Å². The van der Waals surface area contributed by atoms with E-state index in [-0.39, 0.29) is 11.4 Å². The number of anilines is 2. The molecule has 1 aliphatic heterocycles. The molecule has 0 aromatic heterocycles. The molecule has 1 N–H and O–H groups in total. The Balaban J connectivity index is 2.18. The summed E-state index contributed by atoms with van der Waals surface area (Å²) in [5, 5.41) is 3.67. The van der Waals surface area contributed by atoms with Crippen LogP contribution in [-0.4, -0.2) is 18.0 Å². The second-order valence-corrected chi connectivity index (χ2v) is 4.77. The number of halogens is 1. The topological polar surface area (TPSA) is 32.3 Å². The first-order chi connectivity index (χ1) is 7.69. The monoisotopic (exact) mass is 236 g/mol. The molecule has 0 saturated heterocycles. The average molecular weight is 237 g/mol. The van der Waals surface area contributed by atoms with Crippen molar-refractivity contribution in [2.45, 2.75) is 25.3 Å². The molecule has 16 heavy (non-hydrogen) atoms. The number of hydrogen-bond donors (Lipinski definition) is 1. The van der Waals surface area contributed by atoms with Gasteiger partial charge >= 0.3 is 0 Å². The molecule has 1 saturated carbocycles. The van der Waals surface area contributed by atoms with Crippen LogP contribution in [0.5, 0.6) is 0 Å². The Bertz CT molecular complexity index is 468. The number of nitrogens with one attached hydrogen (secondary N) is 1. The summed E-state index contributed by atoms with van der Waals surface area (Å²) < 4.78 is 0. The molecule has 1 heterocycles. The van der Waals surface area contributed by atoms with E-state index in [4.69, 9.17) is 11.6 Å². The van der Waals surface area contributed by atoms with Gasteiger partial charge in [-0.1, -0.05) is 17.7 Å². The minimum absolute atomic E-state index is 0.115. The van der Waals surface area contributed by atoms with Gasteiger partial charge in [0.1, 0.15) is 5.54 Å². The van der Waals surface area contributed by atoms with Crippen LogP contribution in [0.2, 0.25) is 5.02 Å². The lowest BCUT2D eigenvalue weighted by molar-refractivity contribution is -0.118. The van der Waals surface area contributed by atoms with Crippen LogP contribution in [0.1, 0.15) is 19.8 Å². The van der Waals surface area contributed by atoms with Gasteiger partial charge in [-0.25, -0.2) is 0 Å². The molecule has 1 aliphatic carbocycles. The Morgan fingerprint density at radius 3 is 2.88 bits per heavy atom. The fraction of sp³-hybridized carbons (Fsp3) is 0.417. The van der Waals surface area contributed by atoms with Gasteiger partial charge in [0.2, 0.25) is 5.91 Å². The van der Waals surface area contributed by atoms with E-state index in [1.807, 2.05) is 18.2 Å². The summed E-state index contributed by atoms with van der Waals surface area (Å²) in [6.07, 6.45) is 1.86. The van der Waals surface area contributed by atoms with Crippen molar-refractivity contribution >= 4 is 28.9 Å². The number of amides is 1. The van der Waals surface area contributed by atoms with Gasteiger partial charge in [0.05, 0.1) is 16.4 Å². The molecule has 1 spiro atoms. The number of carbonyl (C=O) groups excluding carboxylic acids is 1. The van der Waals surface area contributed by atoms with Crippen LogP contribution in [0.3, 0.4) is 0 Å². The predicted molar refractivity (Wildman–Crippen MR) is 65.1 cm³/mol. The SMILES string of the molecule is CCN1c2c(Cl)cccc2NC(=O)C12CC2. The molecule has 2 aliphatic rings. The fourth-order valence-corrected chi connectivity index (χ4v) is 2.82. The summed E-state index contributed by atoms with van der Waals surface area (Å²) in [5.74, 6) is 0.115. The van der Waals surface area contributed by atoms with Gasteiger partial charge in [0.15, 0.2) is 0 Å². The van der Waals surface area contributed by atoms with Crippen LogP contribution in [-0.2, 0) is 4.79 Å². The second kappa shape index (κ2) is 3.14. The fourth-order valence-electron chi connectivity index (χ4n) is 2.54. The number of para-hydroxylation sites is 1. The van der Waals surface area contributed by atoms with Crippen molar-refractivity contribution in [2.75, 3.05) is 16.8 Å². The van der Waals surface area contributed by atoms with Crippen molar-refractivity contribution in [3.63, 3.8) is 0 Å². The standard InChI is InChI=1S/C12H13ClN2O/c1-2-15-10-8(13)4-3-5-9(10)14-11(16)12(15)6-7-12/h3-5H,2,6-7H2,1H3,(H,14,16). The molecule has 1 aromatic rings. The molecular formula is C12H13ClN2O. The molecule has 0 atom stereocenters.